The number of piperidine rings is 1. The van der Waals surface area contributed by atoms with Gasteiger partial charge in [0.05, 0.1) is 0 Å². The number of aromatic nitrogens is 2. The smallest absolute Gasteiger partial charge is 0.258 e. The van der Waals surface area contributed by atoms with Gasteiger partial charge in [0.15, 0.2) is 5.82 Å². The second kappa shape index (κ2) is 6.65. The van der Waals surface area contributed by atoms with E-state index in [1.165, 1.54) is 19.5 Å². The van der Waals surface area contributed by atoms with Crippen LogP contribution in [-0.4, -0.2) is 53.4 Å². The Balaban J connectivity index is 0.000000315. The minimum Gasteiger partial charge on any atom is -0.381 e. The lowest BCUT2D eigenvalue weighted by Gasteiger charge is -2.27. The summed E-state index contributed by atoms with van der Waals surface area (Å²) in [6.45, 7) is 7.89. The van der Waals surface area contributed by atoms with E-state index in [2.05, 4.69) is 27.4 Å². The van der Waals surface area contributed by atoms with Crippen LogP contribution in [0.2, 0.25) is 0 Å². The molecule has 0 saturated carbocycles. The molecule has 1 atom stereocenters. The van der Waals surface area contributed by atoms with E-state index in [9.17, 15) is 5.11 Å². The topological polar surface area (TPSA) is 74.4 Å². The first-order chi connectivity index (χ1) is 9.47. The molecule has 6 nitrogen and oxygen atoms in total. The molecule has 3 rings (SSSR count). The number of likely N-dealkylation sites (N-methyl/N-ethyl adjacent to an activating group) is 1. The second-order valence-electron chi connectivity index (χ2n) is 6.22. The molecule has 2 saturated heterocycles. The number of rotatable bonds is 2. The Kier molecular flexibility index (Phi) is 5.12. The summed E-state index contributed by atoms with van der Waals surface area (Å²) in [6.07, 6.45) is 3.64. The van der Waals surface area contributed by atoms with Gasteiger partial charge in [-0.1, -0.05) is 5.16 Å². The van der Waals surface area contributed by atoms with Crippen LogP contribution in [0.15, 0.2) is 4.52 Å². The third-order valence-electron chi connectivity index (χ3n) is 3.66. The van der Waals surface area contributed by atoms with E-state index in [-0.39, 0.29) is 0 Å². The molecule has 3 heterocycles. The number of nitrogens with zero attached hydrogens (tertiary/aromatic N) is 3. The average molecular weight is 282 g/mol. The van der Waals surface area contributed by atoms with E-state index in [0.717, 1.165) is 31.8 Å². The third-order valence-corrected chi connectivity index (χ3v) is 3.66. The average Bonchev–Trinajstić information content (AvgIpc) is 2.75. The predicted octanol–water partition coefficient (Wildman–Crippen LogP) is 1.09. The van der Waals surface area contributed by atoms with E-state index >= 15 is 0 Å². The zero-order chi connectivity index (χ0) is 14.6. The van der Waals surface area contributed by atoms with Crippen LogP contribution in [0, 0.1) is 0 Å². The van der Waals surface area contributed by atoms with Gasteiger partial charge in [-0.2, -0.15) is 4.98 Å². The fraction of sp³-hybridized carbons (Fsp3) is 0.857. The first-order valence-electron chi connectivity index (χ1n) is 7.42. The maximum absolute atomic E-state index is 9.75. The molecule has 114 valence electrons. The van der Waals surface area contributed by atoms with Crippen molar-refractivity contribution in [2.75, 3.05) is 33.2 Å². The summed E-state index contributed by atoms with van der Waals surface area (Å²) in [5.74, 6) is 1.36. The molecule has 6 heteroatoms. The Morgan fingerprint density at radius 3 is 2.45 bits per heavy atom. The Bertz CT molecular complexity index is 406. The first kappa shape index (κ1) is 15.4. The van der Waals surface area contributed by atoms with E-state index in [1.807, 2.05) is 0 Å². The molecule has 20 heavy (non-hydrogen) atoms. The lowest BCUT2D eigenvalue weighted by Crippen LogP contribution is -2.31. The van der Waals surface area contributed by atoms with Gasteiger partial charge in [-0.3, -0.25) is 0 Å². The van der Waals surface area contributed by atoms with Crippen LogP contribution in [0.25, 0.3) is 0 Å². The summed E-state index contributed by atoms with van der Waals surface area (Å²) in [6, 6.07) is 0. The molecule has 0 amide bonds. The SMILES string of the molecule is C1CNC1.CN1CCCC(c2noc(C(C)(C)O)n2)C1. The van der Waals surface area contributed by atoms with Crippen LogP contribution in [-0.2, 0) is 5.60 Å². The van der Waals surface area contributed by atoms with Gasteiger partial charge in [0.25, 0.3) is 5.89 Å². The van der Waals surface area contributed by atoms with E-state index in [4.69, 9.17) is 4.52 Å². The largest absolute Gasteiger partial charge is 0.381 e. The van der Waals surface area contributed by atoms with Crippen molar-refractivity contribution in [3.8, 4) is 0 Å². The predicted molar refractivity (Wildman–Crippen MR) is 76.5 cm³/mol. The fourth-order valence-electron chi connectivity index (χ4n) is 2.20. The quantitative estimate of drug-likeness (QED) is 0.845. The molecule has 1 aromatic rings. The normalized spacial score (nSPS) is 23.7. The molecule has 0 radical (unpaired) electrons. The zero-order valence-corrected chi connectivity index (χ0v) is 12.7. The van der Waals surface area contributed by atoms with Crippen molar-refractivity contribution in [2.45, 2.75) is 44.6 Å². The molecule has 0 aliphatic carbocycles. The summed E-state index contributed by atoms with van der Waals surface area (Å²) in [5.41, 5.74) is -1.05. The van der Waals surface area contributed by atoms with E-state index in [0.29, 0.717) is 11.8 Å². The van der Waals surface area contributed by atoms with Crippen LogP contribution in [0.3, 0.4) is 0 Å². The minimum atomic E-state index is -1.05. The van der Waals surface area contributed by atoms with E-state index in [1.54, 1.807) is 13.8 Å². The molecule has 2 aliphatic rings. The van der Waals surface area contributed by atoms with Crippen molar-refractivity contribution in [1.82, 2.24) is 20.4 Å². The standard InChI is InChI=1S/C11H19N3O2.C3H7N/c1-11(2,15)10-12-9(13-16-10)8-5-4-6-14(3)7-8;1-2-4-3-1/h8,15H,4-7H2,1-3H3;4H,1-3H2. The number of nitrogens with one attached hydrogen (secondary N) is 1. The van der Waals surface area contributed by atoms with Crippen LogP contribution < -0.4 is 5.32 Å². The molecule has 1 aromatic heterocycles. The molecule has 2 fully saturated rings. The van der Waals surface area contributed by atoms with Crippen LogP contribution in [0.1, 0.15) is 50.7 Å². The summed E-state index contributed by atoms with van der Waals surface area (Å²) in [4.78, 5) is 6.56. The fourth-order valence-corrected chi connectivity index (χ4v) is 2.20. The Hall–Kier alpha value is -0.980. The van der Waals surface area contributed by atoms with Gasteiger partial charge >= 0.3 is 0 Å². The van der Waals surface area contributed by atoms with E-state index < -0.39 is 5.60 Å². The molecule has 2 aliphatic heterocycles. The Morgan fingerprint density at radius 2 is 2.00 bits per heavy atom. The highest BCUT2D eigenvalue weighted by Gasteiger charge is 2.28. The van der Waals surface area contributed by atoms with Crippen molar-refractivity contribution in [3.05, 3.63) is 11.7 Å². The zero-order valence-electron chi connectivity index (χ0n) is 12.7. The first-order valence-corrected chi connectivity index (χ1v) is 7.42. The highest BCUT2D eigenvalue weighted by Crippen LogP contribution is 2.26. The maximum Gasteiger partial charge on any atom is 0.258 e. The Morgan fingerprint density at radius 1 is 1.35 bits per heavy atom. The molecule has 0 bridgehead atoms. The van der Waals surface area contributed by atoms with Crippen molar-refractivity contribution < 1.29 is 9.63 Å². The second-order valence-corrected chi connectivity index (χ2v) is 6.22. The highest BCUT2D eigenvalue weighted by molar-refractivity contribution is 5.01. The van der Waals surface area contributed by atoms with Gasteiger partial charge in [-0.25, -0.2) is 0 Å². The van der Waals surface area contributed by atoms with Gasteiger partial charge in [-0.15, -0.1) is 0 Å². The monoisotopic (exact) mass is 282 g/mol. The summed E-state index contributed by atoms with van der Waals surface area (Å²) in [5, 5.41) is 16.8. The van der Waals surface area contributed by atoms with Gasteiger partial charge in [0.1, 0.15) is 5.60 Å². The van der Waals surface area contributed by atoms with Crippen molar-refractivity contribution in [1.29, 1.82) is 0 Å². The number of likely N-dealkylation sites (tertiary alicyclic amines) is 1. The lowest BCUT2D eigenvalue weighted by atomic mass is 9.98. The summed E-state index contributed by atoms with van der Waals surface area (Å²) < 4.78 is 5.09. The van der Waals surface area contributed by atoms with Crippen LogP contribution in [0.4, 0.5) is 0 Å². The van der Waals surface area contributed by atoms with Gasteiger partial charge < -0.3 is 19.8 Å². The maximum atomic E-state index is 9.75. The van der Waals surface area contributed by atoms with Gasteiger partial charge in [-0.05, 0) is 59.8 Å². The number of hydrogen-bond acceptors (Lipinski definition) is 6. The van der Waals surface area contributed by atoms with Crippen molar-refractivity contribution >= 4 is 0 Å². The molecule has 0 spiro atoms. The van der Waals surface area contributed by atoms with Gasteiger partial charge in [0, 0.05) is 12.5 Å². The summed E-state index contributed by atoms with van der Waals surface area (Å²) in [7, 11) is 2.10. The van der Waals surface area contributed by atoms with Crippen LogP contribution in [0.5, 0.6) is 0 Å². The Labute approximate surface area is 120 Å². The minimum absolute atomic E-state index is 0.302. The van der Waals surface area contributed by atoms with Crippen molar-refractivity contribution in [3.63, 3.8) is 0 Å². The summed E-state index contributed by atoms with van der Waals surface area (Å²) >= 11 is 0. The lowest BCUT2D eigenvalue weighted by molar-refractivity contribution is 0.0420. The number of hydrogen-bond donors (Lipinski definition) is 2. The van der Waals surface area contributed by atoms with Crippen LogP contribution >= 0.6 is 0 Å². The molecule has 2 N–H and O–H groups in total. The molecule has 1 unspecified atom stereocenters. The molecular formula is C14H26N4O2. The third kappa shape index (κ3) is 4.26. The van der Waals surface area contributed by atoms with Gasteiger partial charge in [0.2, 0.25) is 0 Å². The molecule has 0 aromatic carbocycles. The number of aliphatic hydroxyl groups is 1. The highest BCUT2D eigenvalue weighted by atomic mass is 16.5. The van der Waals surface area contributed by atoms with Crippen molar-refractivity contribution in [2.24, 2.45) is 0 Å². The molecular weight excluding hydrogens is 256 g/mol.